The van der Waals surface area contributed by atoms with Crippen LogP contribution in [0.25, 0.3) is 11.2 Å². The van der Waals surface area contributed by atoms with E-state index >= 15 is 0 Å². The van der Waals surface area contributed by atoms with Crippen LogP contribution >= 0.6 is 0 Å². The molecule has 0 radical (unpaired) electrons. The van der Waals surface area contributed by atoms with Crippen LogP contribution < -0.4 is 21.4 Å². The number of aromatic nitrogens is 4. The van der Waals surface area contributed by atoms with Gasteiger partial charge in [-0.3, -0.25) is 18.5 Å². The smallest absolute Gasteiger partial charge is 0.332 e. The first-order chi connectivity index (χ1) is 12.9. The molecule has 1 atom stereocenters. The Morgan fingerprint density at radius 2 is 1.93 bits per heavy atom. The molecule has 1 aliphatic heterocycles. The maximum absolute atomic E-state index is 13.2. The van der Waals surface area contributed by atoms with Gasteiger partial charge >= 0.3 is 5.69 Å². The number of ether oxygens (including phenoxy) is 1. The van der Waals surface area contributed by atoms with Crippen molar-refractivity contribution < 1.29 is 4.74 Å². The summed E-state index contributed by atoms with van der Waals surface area (Å²) >= 11 is 0. The molecule has 1 N–H and O–H groups in total. The molecule has 9 heteroatoms. The van der Waals surface area contributed by atoms with E-state index in [1.165, 1.54) is 9.13 Å². The summed E-state index contributed by atoms with van der Waals surface area (Å²) in [6.07, 6.45) is 0. The topological polar surface area (TPSA) is 95.4 Å². The first-order valence-corrected chi connectivity index (χ1v) is 8.57. The number of rotatable bonds is 3. The van der Waals surface area contributed by atoms with Gasteiger partial charge in [-0.1, -0.05) is 12.1 Å². The van der Waals surface area contributed by atoms with Gasteiger partial charge in [0.05, 0.1) is 25.4 Å². The van der Waals surface area contributed by atoms with Gasteiger partial charge in [0, 0.05) is 7.05 Å². The van der Waals surface area contributed by atoms with Gasteiger partial charge in [0.15, 0.2) is 11.2 Å². The molecular weight excluding hydrogens is 348 g/mol. The van der Waals surface area contributed by atoms with Gasteiger partial charge in [-0.05, 0) is 31.5 Å². The fourth-order valence-corrected chi connectivity index (χ4v) is 3.27. The normalized spacial score (nSPS) is 16.0. The zero-order valence-electron chi connectivity index (χ0n) is 15.6. The average molecular weight is 368 g/mol. The van der Waals surface area contributed by atoms with E-state index in [0.717, 1.165) is 11.3 Å². The van der Waals surface area contributed by atoms with Crippen molar-refractivity contribution in [2.24, 2.45) is 12.1 Å². The van der Waals surface area contributed by atoms with Crippen molar-refractivity contribution in [2.45, 2.75) is 26.4 Å². The molecule has 140 valence electrons. The average Bonchev–Trinajstić information content (AvgIpc) is 3.07. The zero-order chi connectivity index (χ0) is 19.3. The maximum atomic E-state index is 13.2. The van der Waals surface area contributed by atoms with Crippen LogP contribution in [0, 0.1) is 0 Å². The zero-order valence-corrected chi connectivity index (χ0v) is 15.6. The van der Waals surface area contributed by atoms with Crippen LogP contribution in [0.5, 0.6) is 5.75 Å². The highest BCUT2D eigenvalue weighted by Crippen LogP contribution is 2.25. The maximum Gasteiger partial charge on any atom is 0.332 e. The number of nitrogens with one attached hydrogen (secondary N) is 1. The first-order valence-electron chi connectivity index (χ1n) is 8.57. The molecule has 3 heterocycles. The quantitative estimate of drug-likeness (QED) is 0.752. The first kappa shape index (κ1) is 17.1. The molecule has 0 bridgehead atoms. The van der Waals surface area contributed by atoms with Crippen molar-refractivity contribution in [2.75, 3.05) is 12.5 Å². The number of benzene rings is 1. The molecule has 9 nitrogen and oxygen atoms in total. The number of hydrogen-bond acceptors (Lipinski definition) is 6. The van der Waals surface area contributed by atoms with Gasteiger partial charge in [-0.2, -0.15) is 10.1 Å². The third-order valence-electron chi connectivity index (χ3n) is 5.00. The van der Waals surface area contributed by atoms with Crippen LogP contribution in [-0.2, 0) is 13.6 Å². The summed E-state index contributed by atoms with van der Waals surface area (Å²) in [5.41, 5.74) is 4.46. The Bertz CT molecular complexity index is 1180. The van der Waals surface area contributed by atoms with Gasteiger partial charge in [-0.15, -0.1) is 0 Å². The van der Waals surface area contributed by atoms with Gasteiger partial charge in [0.1, 0.15) is 5.75 Å². The van der Waals surface area contributed by atoms with E-state index in [0.29, 0.717) is 22.9 Å². The number of methoxy groups -OCH3 is 1. The Balaban J connectivity index is 1.92. The second-order valence-electron chi connectivity index (χ2n) is 6.60. The molecule has 2 aromatic heterocycles. The number of aryl methyl sites for hydroxylation is 1. The molecule has 1 aliphatic rings. The Morgan fingerprint density at radius 1 is 1.22 bits per heavy atom. The molecule has 0 fully saturated rings. The van der Waals surface area contributed by atoms with E-state index in [9.17, 15) is 9.59 Å². The highest BCUT2D eigenvalue weighted by molar-refractivity contribution is 5.90. The van der Waals surface area contributed by atoms with Crippen LogP contribution in [-0.4, -0.2) is 31.5 Å². The molecule has 0 spiro atoms. The number of fused-ring (bicyclic) bond motifs is 3. The number of nitrogens with zero attached hydrogens (tertiary/aromatic N) is 5. The van der Waals surface area contributed by atoms with E-state index in [1.54, 1.807) is 30.9 Å². The molecule has 27 heavy (non-hydrogen) atoms. The summed E-state index contributed by atoms with van der Waals surface area (Å²) in [5.74, 6) is 1.17. The van der Waals surface area contributed by atoms with Crippen LogP contribution in [0.15, 0.2) is 39.0 Å². The minimum Gasteiger partial charge on any atom is -0.497 e. The highest BCUT2D eigenvalue weighted by atomic mass is 16.5. The summed E-state index contributed by atoms with van der Waals surface area (Å²) in [5, 5.41) is 4.21. The highest BCUT2D eigenvalue weighted by Gasteiger charge is 2.26. The minimum atomic E-state index is -0.413. The van der Waals surface area contributed by atoms with E-state index in [4.69, 9.17) is 4.74 Å². The molecule has 3 aromatic rings. The molecule has 0 saturated carbocycles. The lowest BCUT2D eigenvalue weighted by Gasteiger charge is -2.21. The van der Waals surface area contributed by atoms with Gasteiger partial charge < -0.3 is 4.74 Å². The predicted molar refractivity (Wildman–Crippen MR) is 103 cm³/mol. The van der Waals surface area contributed by atoms with E-state index in [-0.39, 0.29) is 18.1 Å². The summed E-state index contributed by atoms with van der Waals surface area (Å²) in [7, 11) is 3.21. The fourth-order valence-electron chi connectivity index (χ4n) is 3.27. The van der Waals surface area contributed by atoms with Crippen LogP contribution in [0.2, 0.25) is 0 Å². The van der Waals surface area contributed by atoms with Crippen LogP contribution in [0.1, 0.15) is 25.5 Å². The van der Waals surface area contributed by atoms with Crippen molar-refractivity contribution in [1.29, 1.82) is 0 Å². The molecule has 0 aliphatic carbocycles. The lowest BCUT2D eigenvalue weighted by molar-refractivity contribution is 0.414. The Labute approximate surface area is 154 Å². The molecular formula is C18H20N6O3. The second-order valence-corrected chi connectivity index (χ2v) is 6.60. The SMILES string of the molecule is COc1ccc(Cn2c(=O)c3c(nc4n3C(C)C(C)=NN4)n(C)c2=O)cc1. The van der Waals surface area contributed by atoms with Crippen molar-refractivity contribution >= 4 is 22.8 Å². The largest absolute Gasteiger partial charge is 0.497 e. The fraction of sp³-hybridized carbons (Fsp3) is 0.333. The number of hydrazone groups is 1. The van der Waals surface area contributed by atoms with Gasteiger partial charge in [0.25, 0.3) is 5.56 Å². The lowest BCUT2D eigenvalue weighted by atomic mass is 10.2. The summed E-state index contributed by atoms with van der Waals surface area (Å²) in [6, 6.07) is 7.14. The summed E-state index contributed by atoms with van der Waals surface area (Å²) < 4.78 is 9.58. The number of imidazole rings is 1. The Morgan fingerprint density at radius 3 is 2.59 bits per heavy atom. The van der Waals surface area contributed by atoms with Crippen LogP contribution in [0.4, 0.5) is 5.95 Å². The molecule has 1 aromatic carbocycles. The monoisotopic (exact) mass is 368 g/mol. The standard InChI is InChI=1S/C18H20N6O3/c1-10-11(2)24-14-15(19-17(24)21-20-10)22(3)18(26)23(16(14)25)9-12-5-7-13(27-4)8-6-12/h5-8,11H,9H2,1-4H3,(H,19,21). The Hall–Kier alpha value is -3.36. The third kappa shape index (κ3) is 2.54. The third-order valence-corrected chi connectivity index (χ3v) is 5.00. The van der Waals surface area contributed by atoms with E-state index in [2.05, 4.69) is 15.5 Å². The minimum absolute atomic E-state index is 0.133. The van der Waals surface area contributed by atoms with Crippen molar-refractivity contribution in [3.05, 3.63) is 50.7 Å². The van der Waals surface area contributed by atoms with Crippen molar-refractivity contribution in [3.63, 3.8) is 0 Å². The van der Waals surface area contributed by atoms with Crippen molar-refractivity contribution in [1.82, 2.24) is 18.7 Å². The summed E-state index contributed by atoms with van der Waals surface area (Å²) in [6.45, 7) is 3.99. The lowest BCUT2D eigenvalue weighted by Crippen LogP contribution is -2.40. The number of hydrogen-bond donors (Lipinski definition) is 1. The number of anilines is 1. The van der Waals surface area contributed by atoms with E-state index in [1.807, 2.05) is 26.0 Å². The van der Waals surface area contributed by atoms with Crippen LogP contribution in [0.3, 0.4) is 0 Å². The molecule has 0 saturated heterocycles. The molecule has 0 amide bonds. The molecule has 4 rings (SSSR count). The second kappa shape index (κ2) is 6.11. The molecule has 1 unspecified atom stereocenters. The Kier molecular flexibility index (Phi) is 3.87. The van der Waals surface area contributed by atoms with Gasteiger partial charge in [-0.25, -0.2) is 10.2 Å². The van der Waals surface area contributed by atoms with Gasteiger partial charge in [0.2, 0.25) is 5.95 Å². The van der Waals surface area contributed by atoms with Crippen molar-refractivity contribution in [3.8, 4) is 5.75 Å². The van der Waals surface area contributed by atoms with E-state index < -0.39 is 5.69 Å². The summed E-state index contributed by atoms with van der Waals surface area (Å²) in [4.78, 5) is 30.4. The predicted octanol–water partition coefficient (Wildman–Crippen LogP) is 1.32.